The number of aliphatic hydroxyl groups excluding tert-OH is 1. The Balaban J connectivity index is 1.46. The first-order valence-electron chi connectivity index (χ1n) is 11.5. The molecule has 3 atom stereocenters. The van der Waals surface area contributed by atoms with Gasteiger partial charge in [0.05, 0.1) is 6.54 Å². The quantitative estimate of drug-likeness (QED) is 0.589. The van der Waals surface area contributed by atoms with E-state index >= 15 is 0 Å². The first-order chi connectivity index (χ1) is 15.5. The van der Waals surface area contributed by atoms with Crippen LogP contribution < -0.4 is 15.4 Å². The lowest BCUT2D eigenvalue weighted by Crippen LogP contribution is -2.65. The molecular weight excluding hydrogens is 410 g/mol. The number of benzene rings is 1. The Morgan fingerprint density at radius 3 is 2.81 bits per heavy atom. The fraction of sp³-hybridized carbons (Fsp3) is 0.609. The fourth-order valence-corrected chi connectivity index (χ4v) is 4.60. The molecule has 0 aromatic heterocycles. The highest BCUT2D eigenvalue weighted by Gasteiger charge is 2.49. The predicted molar refractivity (Wildman–Crippen MR) is 120 cm³/mol. The second kappa shape index (κ2) is 9.77. The molecule has 9 heteroatoms. The molecule has 2 aliphatic heterocycles. The van der Waals surface area contributed by atoms with Gasteiger partial charge in [-0.1, -0.05) is 38.3 Å². The number of rotatable bonds is 7. The number of likely N-dealkylation sites (N-methyl/N-ethyl adjacent to an activating group) is 1. The maximum Gasteiger partial charge on any atom is 0.325 e. The van der Waals surface area contributed by atoms with E-state index < -0.39 is 30.2 Å². The summed E-state index contributed by atoms with van der Waals surface area (Å²) >= 11 is 0. The summed E-state index contributed by atoms with van der Waals surface area (Å²) in [6, 6.07) is 6.94. The topological polar surface area (TPSA) is 106 Å². The lowest BCUT2D eigenvalue weighted by atomic mass is 9.96. The highest BCUT2D eigenvalue weighted by Crippen LogP contribution is 2.25. The van der Waals surface area contributed by atoms with Crippen LogP contribution in [0.25, 0.3) is 0 Å². The van der Waals surface area contributed by atoms with Crippen LogP contribution >= 0.6 is 0 Å². The third-order valence-electron chi connectivity index (χ3n) is 6.46. The van der Waals surface area contributed by atoms with Crippen LogP contribution in [-0.4, -0.2) is 77.4 Å². The second-order valence-electron chi connectivity index (χ2n) is 8.81. The van der Waals surface area contributed by atoms with Gasteiger partial charge in [-0.2, -0.15) is 0 Å². The first-order valence-corrected chi connectivity index (χ1v) is 11.5. The molecule has 1 saturated heterocycles. The number of β-amino-alcohol motifs (C(OH)–C–C–N with tert-alkyl or cyclic N) is 1. The molecule has 0 radical (unpaired) electrons. The zero-order chi connectivity index (χ0) is 22.7. The van der Waals surface area contributed by atoms with E-state index in [-0.39, 0.29) is 19.2 Å². The number of hydrogen-bond donors (Lipinski definition) is 3. The Morgan fingerprint density at radius 2 is 2.06 bits per heavy atom. The zero-order valence-electron chi connectivity index (χ0n) is 18.8. The molecule has 9 nitrogen and oxygen atoms in total. The monoisotopic (exact) mass is 443 g/mol. The van der Waals surface area contributed by atoms with Gasteiger partial charge in [0.15, 0.2) is 18.2 Å². The van der Waals surface area contributed by atoms with Crippen molar-refractivity contribution in [3.05, 3.63) is 29.8 Å². The molecule has 2 heterocycles. The van der Waals surface area contributed by atoms with Crippen LogP contribution in [-0.2, 0) is 11.2 Å². The van der Waals surface area contributed by atoms with Gasteiger partial charge in [0.25, 0.3) is 5.91 Å². The van der Waals surface area contributed by atoms with Crippen LogP contribution in [0.15, 0.2) is 29.3 Å². The highest BCUT2D eigenvalue weighted by molar-refractivity contribution is 6.03. The lowest BCUT2D eigenvalue weighted by Gasteiger charge is -2.37. The van der Waals surface area contributed by atoms with Crippen LogP contribution in [0.1, 0.15) is 44.6 Å². The maximum atomic E-state index is 12.7. The van der Waals surface area contributed by atoms with Gasteiger partial charge in [-0.05, 0) is 37.0 Å². The summed E-state index contributed by atoms with van der Waals surface area (Å²) in [7, 11) is 1.63. The van der Waals surface area contributed by atoms with Crippen LogP contribution in [0, 0.1) is 0 Å². The number of amides is 3. The van der Waals surface area contributed by atoms with E-state index in [2.05, 4.69) is 22.5 Å². The Morgan fingerprint density at radius 1 is 1.28 bits per heavy atom. The van der Waals surface area contributed by atoms with Crippen LogP contribution in [0.2, 0.25) is 0 Å². The van der Waals surface area contributed by atoms with Crippen molar-refractivity contribution in [2.24, 2.45) is 4.99 Å². The molecule has 0 spiro atoms. The molecule has 3 unspecified atom stereocenters. The molecule has 3 N–H and O–H groups in total. The summed E-state index contributed by atoms with van der Waals surface area (Å²) in [6.45, 7) is 2.34. The van der Waals surface area contributed by atoms with Crippen LogP contribution in [0.4, 0.5) is 4.79 Å². The van der Waals surface area contributed by atoms with Crippen molar-refractivity contribution in [2.75, 3.05) is 20.2 Å². The van der Waals surface area contributed by atoms with Gasteiger partial charge in [0, 0.05) is 13.1 Å². The molecule has 3 aliphatic rings. The zero-order valence-corrected chi connectivity index (χ0v) is 18.8. The standard InChI is InChI=1S/C23H33N5O4/c1-3-15-8-7-11-18(12-15)32-14-17(29)13-28-19-20(27(2)23(31)26-21(19)30)25-22(28)24-16-9-5-4-6-10-16/h7-8,11-12,16-17,19-20,29H,3-6,9-10,13-14H2,1-2H3,(H,24,25)(H,26,30,31). The number of aliphatic imine (C=N–C) groups is 1. The minimum absolute atomic E-state index is 0.0914. The van der Waals surface area contributed by atoms with E-state index in [4.69, 9.17) is 4.74 Å². The first kappa shape index (κ1) is 22.4. The Kier molecular flexibility index (Phi) is 6.83. The molecule has 174 valence electrons. The van der Waals surface area contributed by atoms with Crippen molar-refractivity contribution in [2.45, 2.75) is 69.8 Å². The number of nitrogens with one attached hydrogen (secondary N) is 2. The van der Waals surface area contributed by atoms with Gasteiger partial charge in [-0.15, -0.1) is 0 Å². The largest absolute Gasteiger partial charge is 0.491 e. The minimum atomic E-state index is -0.840. The molecule has 2 fully saturated rings. The number of imide groups is 1. The van der Waals surface area contributed by atoms with E-state index in [9.17, 15) is 14.7 Å². The fourth-order valence-electron chi connectivity index (χ4n) is 4.60. The molecule has 32 heavy (non-hydrogen) atoms. The molecular formula is C23H33N5O4. The van der Waals surface area contributed by atoms with E-state index in [1.54, 1.807) is 11.9 Å². The third-order valence-corrected chi connectivity index (χ3v) is 6.46. The van der Waals surface area contributed by atoms with Crippen LogP contribution in [0.3, 0.4) is 0 Å². The number of aryl methyl sites for hydroxylation is 1. The van der Waals surface area contributed by atoms with E-state index in [0.29, 0.717) is 11.7 Å². The van der Waals surface area contributed by atoms with Crippen molar-refractivity contribution >= 4 is 17.9 Å². The molecule has 1 saturated carbocycles. The number of fused-ring (bicyclic) bond motifs is 1. The summed E-state index contributed by atoms with van der Waals surface area (Å²) in [6.07, 6.45) is 5.09. The van der Waals surface area contributed by atoms with E-state index in [0.717, 1.165) is 37.7 Å². The van der Waals surface area contributed by atoms with Crippen molar-refractivity contribution < 1.29 is 19.4 Å². The number of guanidine groups is 1. The summed E-state index contributed by atoms with van der Waals surface area (Å²) in [5.74, 6) is 0.874. The maximum absolute atomic E-state index is 12.7. The molecule has 3 amide bonds. The molecule has 1 aliphatic carbocycles. The summed E-state index contributed by atoms with van der Waals surface area (Å²) in [5.41, 5.74) is 1.16. The van der Waals surface area contributed by atoms with Crippen LogP contribution in [0.5, 0.6) is 5.75 Å². The highest BCUT2D eigenvalue weighted by atomic mass is 16.5. The van der Waals surface area contributed by atoms with Crippen molar-refractivity contribution in [1.82, 2.24) is 20.4 Å². The van der Waals surface area contributed by atoms with Crippen molar-refractivity contribution in [1.29, 1.82) is 0 Å². The van der Waals surface area contributed by atoms with Gasteiger partial charge >= 0.3 is 6.03 Å². The molecule has 1 aromatic rings. The molecule has 0 bridgehead atoms. The van der Waals surface area contributed by atoms with Gasteiger partial charge in [-0.25, -0.2) is 9.79 Å². The Labute approximate surface area is 188 Å². The minimum Gasteiger partial charge on any atom is -0.491 e. The van der Waals surface area contributed by atoms with Gasteiger partial charge in [-0.3, -0.25) is 10.1 Å². The number of aliphatic hydroxyl groups is 1. The number of carbonyl (C=O) groups is 2. The van der Waals surface area contributed by atoms with Crippen molar-refractivity contribution in [3.63, 3.8) is 0 Å². The van der Waals surface area contributed by atoms with Gasteiger partial charge in [0.2, 0.25) is 0 Å². The average Bonchev–Trinajstić information content (AvgIpc) is 3.15. The Hall–Kier alpha value is -2.81. The SMILES string of the molecule is CCc1cccc(OCC(O)CN2C(NC3CCCCC3)=NC3C2C(=O)NC(=O)N3C)c1. The molecule has 4 rings (SSSR count). The number of carbonyl (C=O) groups excluding carboxylic acids is 2. The Bertz CT molecular complexity index is 870. The number of urea groups is 1. The summed E-state index contributed by atoms with van der Waals surface area (Å²) < 4.78 is 5.80. The number of nitrogens with zero attached hydrogens (tertiary/aromatic N) is 3. The third kappa shape index (κ3) is 4.82. The van der Waals surface area contributed by atoms with Gasteiger partial charge in [0.1, 0.15) is 18.5 Å². The van der Waals surface area contributed by atoms with Crippen molar-refractivity contribution in [3.8, 4) is 5.75 Å². The average molecular weight is 444 g/mol. The smallest absolute Gasteiger partial charge is 0.325 e. The predicted octanol–water partition coefficient (Wildman–Crippen LogP) is 1.46. The lowest BCUT2D eigenvalue weighted by molar-refractivity contribution is -0.127. The number of hydrogen-bond acceptors (Lipinski definition) is 7. The second-order valence-corrected chi connectivity index (χ2v) is 8.81. The normalized spacial score (nSPS) is 24.7. The summed E-state index contributed by atoms with van der Waals surface area (Å²) in [4.78, 5) is 32.7. The van der Waals surface area contributed by atoms with E-state index in [1.165, 1.54) is 11.3 Å². The number of ether oxygens (including phenoxy) is 1. The molecule has 1 aromatic carbocycles. The van der Waals surface area contributed by atoms with Gasteiger partial charge < -0.3 is 25.0 Å². The van der Waals surface area contributed by atoms with E-state index in [1.807, 2.05) is 24.3 Å². The summed E-state index contributed by atoms with van der Waals surface area (Å²) in [5, 5.41) is 16.6.